The van der Waals surface area contributed by atoms with E-state index in [2.05, 4.69) is 4.90 Å². The Balaban J connectivity index is 3.11. The molecule has 0 aliphatic carbocycles. The summed E-state index contributed by atoms with van der Waals surface area (Å²) in [5.41, 5.74) is 1.38. The monoisotopic (exact) mass is 285 g/mol. The molecule has 0 spiro atoms. The molecule has 0 saturated heterocycles. The zero-order valence-corrected chi connectivity index (χ0v) is 12.6. The molecule has 0 aromatic heterocycles. The molecule has 1 rings (SSSR count). The summed E-state index contributed by atoms with van der Waals surface area (Å²) in [6.07, 6.45) is -0.736. The summed E-state index contributed by atoms with van der Waals surface area (Å²) >= 11 is 0. The number of benzene rings is 1. The van der Waals surface area contributed by atoms with Crippen LogP contribution in [0.15, 0.2) is 18.2 Å². The van der Waals surface area contributed by atoms with Crippen LogP contribution in [-0.4, -0.2) is 45.1 Å². The number of halogens is 1. The second-order valence-corrected chi connectivity index (χ2v) is 4.87. The molecule has 1 aromatic rings. The average molecular weight is 285 g/mol. The van der Waals surface area contributed by atoms with E-state index in [4.69, 9.17) is 9.47 Å². The predicted molar refractivity (Wildman–Crippen MR) is 77.6 cm³/mol. The molecule has 0 fully saturated rings. The molecular weight excluding hydrogens is 261 g/mol. The van der Waals surface area contributed by atoms with Crippen molar-refractivity contribution in [2.75, 3.05) is 38.9 Å². The lowest BCUT2D eigenvalue weighted by Crippen LogP contribution is -2.39. The molecule has 1 aromatic carbocycles. The van der Waals surface area contributed by atoms with Gasteiger partial charge in [0, 0.05) is 38.1 Å². The van der Waals surface area contributed by atoms with Gasteiger partial charge in [0.05, 0.1) is 19.3 Å². The summed E-state index contributed by atoms with van der Waals surface area (Å²) in [6, 6.07) is 4.57. The summed E-state index contributed by atoms with van der Waals surface area (Å²) in [4.78, 5) is 2.06. The minimum Gasteiger partial charge on any atom is -0.389 e. The molecule has 0 aliphatic rings. The maximum atomic E-state index is 13.4. The Kier molecular flexibility index (Phi) is 6.91. The van der Waals surface area contributed by atoms with Gasteiger partial charge in [0.25, 0.3) is 0 Å². The van der Waals surface area contributed by atoms with E-state index in [1.54, 1.807) is 27.2 Å². The largest absolute Gasteiger partial charge is 0.389 e. The maximum Gasteiger partial charge on any atom is 0.123 e. The van der Waals surface area contributed by atoms with E-state index in [1.165, 1.54) is 12.1 Å². The molecule has 0 heterocycles. The maximum absolute atomic E-state index is 13.4. The lowest BCUT2D eigenvalue weighted by Gasteiger charge is -2.33. The number of aliphatic hydroxyl groups excluding tert-OH is 1. The third kappa shape index (κ3) is 4.44. The van der Waals surface area contributed by atoms with Gasteiger partial charge in [-0.3, -0.25) is 0 Å². The first-order valence-electron chi connectivity index (χ1n) is 6.73. The van der Waals surface area contributed by atoms with Gasteiger partial charge in [0.15, 0.2) is 0 Å². The fourth-order valence-corrected chi connectivity index (χ4v) is 2.22. The molecule has 0 saturated carbocycles. The Morgan fingerprint density at radius 3 is 2.50 bits per heavy atom. The summed E-state index contributed by atoms with van der Waals surface area (Å²) in [5.74, 6) is -0.351. The van der Waals surface area contributed by atoms with Gasteiger partial charge in [-0.15, -0.1) is 0 Å². The van der Waals surface area contributed by atoms with E-state index in [0.717, 1.165) is 5.69 Å². The molecule has 0 amide bonds. The molecule has 2 atom stereocenters. The van der Waals surface area contributed by atoms with E-state index in [1.807, 2.05) is 6.92 Å². The highest BCUT2D eigenvalue weighted by atomic mass is 19.1. The van der Waals surface area contributed by atoms with Crippen LogP contribution in [0.2, 0.25) is 0 Å². The van der Waals surface area contributed by atoms with Crippen LogP contribution in [0.3, 0.4) is 0 Å². The molecule has 2 unspecified atom stereocenters. The Morgan fingerprint density at radius 2 is 1.95 bits per heavy atom. The standard InChI is InChI=1S/C15H24FNO3/c1-11(10-20-4)17(7-8-19-3)15-6-5-13(16)9-14(15)12(2)18/h5-6,9,11-12,18H,7-8,10H2,1-4H3. The molecule has 0 bridgehead atoms. The van der Waals surface area contributed by atoms with Crippen molar-refractivity contribution < 1.29 is 19.0 Å². The van der Waals surface area contributed by atoms with Crippen molar-refractivity contribution in [1.29, 1.82) is 0 Å². The van der Waals surface area contributed by atoms with Crippen molar-refractivity contribution in [1.82, 2.24) is 0 Å². The highest BCUT2D eigenvalue weighted by Gasteiger charge is 2.19. The van der Waals surface area contributed by atoms with Crippen molar-refractivity contribution in [3.63, 3.8) is 0 Å². The Morgan fingerprint density at radius 1 is 1.25 bits per heavy atom. The summed E-state index contributed by atoms with van der Waals surface area (Å²) < 4.78 is 23.7. The zero-order chi connectivity index (χ0) is 15.1. The van der Waals surface area contributed by atoms with Gasteiger partial charge >= 0.3 is 0 Å². The van der Waals surface area contributed by atoms with E-state index in [0.29, 0.717) is 25.3 Å². The van der Waals surface area contributed by atoms with Crippen LogP contribution in [0.4, 0.5) is 10.1 Å². The molecular formula is C15H24FNO3. The molecule has 114 valence electrons. The van der Waals surface area contributed by atoms with Crippen LogP contribution < -0.4 is 4.90 Å². The minimum atomic E-state index is -0.736. The van der Waals surface area contributed by atoms with Crippen molar-refractivity contribution in [2.45, 2.75) is 26.0 Å². The first-order chi connectivity index (χ1) is 9.51. The fraction of sp³-hybridized carbons (Fsp3) is 0.600. The van der Waals surface area contributed by atoms with Crippen molar-refractivity contribution in [3.8, 4) is 0 Å². The van der Waals surface area contributed by atoms with Crippen LogP contribution >= 0.6 is 0 Å². The summed E-state index contributed by atoms with van der Waals surface area (Å²) in [7, 11) is 3.28. The Bertz CT molecular complexity index is 412. The van der Waals surface area contributed by atoms with Gasteiger partial charge in [-0.2, -0.15) is 0 Å². The van der Waals surface area contributed by atoms with Gasteiger partial charge in [0.2, 0.25) is 0 Å². The number of rotatable bonds is 8. The molecule has 0 aliphatic heterocycles. The first kappa shape index (κ1) is 16.9. The second-order valence-electron chi connectivity index (χ2n) is 4.87. The van der Waals surface area contributed by atoms with Crippen LogP contribution in [-0.2, 0) is 9.47 Å². The van der Waals surface area contributed by atoms with Crippen LogP contribution in [0.25, 0.3) is 0 Å². The van der Waals surface area contributed by atoms with Gasteiger partial charge in [-0.05, 0) is 32.0 Å². The summed E-state index contributed by atoms with van der Waals surface area (Å²) in [5, 5.41) is 9.86. The molecule has 1 N–H and O–H groups in total. The number of ether oxygens (including phenoxy) is 2. The van der Waals surface area contributed by atoms with Gasteiger partial charge in [-0.25, -0.2) is 4.39 Å². The molecule has 4 nitrogen and oxygen atoms in total. The topological polar surface area (TPSA) is 41.9 Å². The first-order valence-corrected chi connectivity index (χ1v) is 6.73. The molecule has 5 heteroatoms. The van der Waals surface area contributed by atoms with Gasteiger partial charge < -0.3 is 19.5 Å². The average Bonchev–Trinajstić information content (AvgIpc) is 2.40. The minimum absolute atomic E-state index is 0.0955. The van der Waals surface area contributed by atoms with E-state index >= 15 is 0 Å². The lowest BCUT2D eigenvalue weighted by molar-refractivity contribution is 0.169. The van der Waals surface area contributed by atoms with Crippen LogP contribution in [0, 0.1) is 5.82 Å². The van der Waals surface area contributed by atoms with Gasteiger partial charge in [0.1, 0.15) is 5.82 Å². The highest BCUT2D eigenvalue weighted by molar-refractivity contribution is 5.55. The van der Waals surface area contributed by atoms with Crippen LogP contribution in [0.5, 0.6) is 0 Å². The summed E-state index contributed by atoms with van der Waals surface area (Å²) in [6.45, 7) is 5.39. The Labute approximate surface area is 120 Å². The van der Waals surface area contributed by atoms with Crippen LogP contribution in [0.1, 0.15) is 25.5 Å². The normalized spacial score (nSPS) is 14.1. The highest BCUT2D eigenvalue weighted by Crippen LogP contribution is 2.28. The zero-order valence-electron chi connectivity index (χ0n) is 12.6. The number of hydrogen-bond donors (Lipinski definition) is 1. The number of aliphatic hydroxyl groups is 1. The third-order valence-corrected chi connectivity index (χ3v) is 3.23. The molecule has 0 radical (unpaired) electrons. The third-order valence-electron chi connectivity index (χ3n) is 3.23. The second kappa shape index (κ2) is 8.19. The van der Waals surface area contributed by atoms with E-state index in [9.17, 15) is 9.50 Å². The lowest BCUT2D eigenvalue weighted by atomic mass is 10.1. The quantitative estimate of drug-likeness (QED) is 0.796. The predicted octanol–water partition coefficient (Wildman–Crippen LogP) is 2.37. The SMILES string of the molecule is COCCN(c1ccc(F)cc1C(C)O)C(C)COC. The molecule has 20 heavy (non-hydrogen) atoms. The fourth-order valence-electron chi connectivity index (χ4n) is 2.22. The number of methoxy groups -OCH3 is 2. The number of anilines is 1. The smallest absolute Gasteiger partial charge is 0.123 e. The Hall–Kier alpha value is -1.17. The van der Waals surface area contributed by atoms with Gasteiger partial charge in [-0.1, -0.05) is 0 Å². The van der Waals surface area contributed by atoms with Crippen molar-refractivity contribution >= 4 is 5.69 Å². The van der Waals surface area contributed by atoms with Crippen molar-refractivity contribution in [2.24, 2.45) is 0 Å². The number of nitrogens with zero attached hydrogens (tertiary/aromatic N) is 1. The van der Waals surface area contributed by atoms with Crippen molar-refractivity contribution in [3.05, 3.63) is 29.6 Å². The van der Waals surface area contributed by atoms with E-state index in [-0.39, 0.29) is 11.9 Å². The van der Waals surface area contributed by atoms with E-state index < -0.39 is 6.10 Å². The number of hydrogen-bond acceptors (Lipinski definition) is 4.